The lowest BCUT2D eigenvalue weighted by Crippen LogP contribution is -2.61. The molecule has 1 unspecified atom stereocenters. The van der Waals surface area contributed by atoms with Crippen LogP contribution < -0.4 is 0 Å². The van der Waals surface area contributed by atoms with E-state index < -0.39 is 23.2 Å². The van der Waals surface area contributed by atoms with Gasteiger partial charge < -0.3 is 14.9 Å². The molecule has 0 bridgehead atoms. The molecule has 2 aliphatic rings. The zero-order valence-corrected chi connectivity index (χ0v) is 14.3. The fourth-order valence-corrected chi connectivity index (χ4v) is 4.01. The summed E-state index contributed by atoms with van der Waals surface area (Å²) in [5.41, 5.74) is -1.60. The molecule has 3 rings (SSSR count). The number of hydrogen-bond acceptors (Lipinski definition) is 3. The molecule has 2 saturated heterocycles. The van der Waals surface area contributed by atoms with Crippen LogP contribution in [-0.2, 0) is 11.0 Å². The molecule has 1 aromatic rings. The highest BCUT2D eigenvalue weighted by molar-refractivity contribution is 6.00. The first-order valence-corrected chi connectivity index (χ1v) is 8.69. The fraction of sp³-hybridized carbons (Fsp3) is 0.556. The topological polar surface area (TPSA) is 60.9 Å². The molecule has 1 atom stereocenters. The minimum atomic E-state index is -4.46. The maximum Gasteiger partial charge on any atom is 0.416 e. The SMILES string of the molecule is O=C(c1ccc(C(F)(F)F)cc1)N1CCCC12CCCN(CCO)C2=O. The summed E-state index contributed by atoms with van der Waals surface area (Å²) in [4.78, 5) is 28.9. The summed E-state index contributed by atoms with van der Waals surface area (Å²) in [6.07, 6.45) is -1.98. The fourth-order valence-electron chi connectivity index (χ4n) is 4.01. The number of likely N-dealkylation sites (tertiary alicyclic amines) is 2. The first-order valence-electron chi connectivity index (χ1n) is 8.69. The first kappa shape index (κ1) is 18.7. The highest BCUT2D eigenvalue weighted by Crippen LogP contribution is 2.39. The lowest BCUT2D eigenvalue weighted by molar-refractivity contribution is -0.146. The number of rotatable bonds is 3. The molecule has 1 aromatic carbocycles. The average molecular weight is 370 g/mol. The smallest absolute Gasteiger partial charge is 0.395 e. The average Bonchev–Trinajstić information content (AvgIpc) is 3.02. The molecule has 0 saturated carbocycles. The third-order valence-corrected chi connectivity index (χ3v) is 5.27. The summed E-state index contributed by atoms with van der Waals surface area (Å²) in [5, 5.41) is 9.15. The van der Waals surface area contributed by atoms with Crippen LogP contribution in [0.4, 0.5) is 13.2 Å². The zero-order valence-electron chi connectivity index (χ0n) is 14.3. The first-order chi connectivity index (χ1) is 12.3. The van der Waals surface area contributed by atoms with E-state index in [1.807, 2.05) is 0 Å². The van der Waals surface area contributed by atoms with Crippen molar-refractivity contribution in [2.45, 2.75) is 37.4 Å². The van der Waals surface area contributed by atoms with Crippen molar-refractivity contribution in [2.75, 3.05) is 26.2 Å². The summed E-state index contributed by atoms with van der Waals surface area (Å²) in [6.45, 7) is 1.03. The van der Waals surface area contributed by atoms with Gasteiger partial charge in [-0.2, -0.15) is 13.2 Å². The Morgan fingerprint density at radius 1 is 1.12 bits per heavy atom. The van der Waals surface area contributed by atoms with Gasteiger partial charge in [-0.3, -0.25) is 9.59 Å². The second kappa shape index (κ2) is 6.90. The lowest BCUT2D eigenvalue weighted by Gasteiger charge is -2.44. The Labute approximate surface area is 149 Å². The van der Waals surface area contributed by atoms with Gasteiger partial charge in [0.1, 0.15) is 5.54 Å². The van der Waals surface area contributed by atoms with E-state index in [2.05, 4.69) is 0 Å². The highest BCUT2D eigenvalue weighted by Gasteiger charge is 2.52. The Morgan fingerprint density at radius 3 is 2.31 bits per heavy atom. The molecular formula is C18H21F3N2O3. The van der Waals surface area contributed by atoms with Crippen LogP contribution in [0.2, 0.25) is 0 Å². The van der Waals surface area contributed by atoms with Crippen molar-refractivity contribution in [2.24, 2.45) is 0 Å². The Kier molecular flexibility index (Phi) is 4.96. The Hall–Kier alpha value is -2.09. The van der Waals surface area contributed by atoms with Crippen molar-refractivity contribution in [3.8, 4) is 0 Å². The molecule has 0 aromatic heterocycles. The van der Waals surface area contributed by atoms with E-state index in [0.29, 0.717) is 32.4 Å². The summed E-state index contributed by atoms with van der Waals surface area (Å²) < 4.78 is 38.1. The third kappa shape index (κ3) is 3.18. The molecule has 26 heavy (non-hydrogen) atoms. The summed E-state index contributed by atoms with van der Waals surface area (Å²) in [7, 11) is 0. The van der Waals surface area contributed by atoms with E-state index in [4.69, 9.17) is 5.11 Å². The molecule has 142 valence electrons. The molecule has 2 aliphatic heterocycles. The second-order valence-electron chi connectivity index (χ2n) is 6.79. The van der Waals surface area contributed by atoms with E-state index >= 15 is 0 Å². The van der Waals surface area contributed by atoms with Gasteiger partial charge in [0.25, 0.3) is 5.91 Å². The third-order valence-electron chi connectivity index (χ3n) is 5.27. The van der Waals surface area contributed by atoms with Crippen LogP contribution in [0.3, 0.4) is 0 Å². The van der Waals surface area contributed by atoms with Crippen LogP contribution in [0, 0.1) is 0 Å². The number of aliphatic hydroxyl groups is 1. The van der Waals surface area contributed by atoms with Gasteiger partial charge in [0.2, 0.25) is 5.91 Å². The molecule has 2 fully saturated rings. The normalized spacial score (nSPS) is 23.8. The number of carbonyl (C=O) groups excluding carboxylic acids is 2. The van der Waals surface area contributed by atoms with Crippen molar-refractivity contribution in [3.05, 3.63) is 35.4 Å². The largest absolute Gasteiger partial charge is 0.416 e. The lowest BCUT2D eigenvalue weighted by atomic mass is 9.85. The molecule has 1 N–H and O–H groups in total. The van der Waals surface area contributed by atoms with Gasteiger partial charge in [0.05, 0.1) is 12.2 Å². The van der Waals surface area contributed by atoms with Crippen molar-refractivity contribution < 1.29 is 27.9 Å². The molecule has 2 heterocycles. The van der Waals surface area contributed by atoms with Gasteiger partial charge >= 0.3 is 6.18 Å². The Balaban J connectivity index is 1.85. The quantitative estimate of drug-likeness (QED) is 0.888. The number of benzene rings is 1. The van der Waals surface area contributed by atoms with Crippen LogP contribution >= 0.6 is 0 Å². The zero-order chi connectivity index (χ0) is 18.9. The van der Waals surface area contributed by atoms with Gasteiger partial charge in [-0.05, 0) is 49.9 Å². The maximum absolute atomic E-state index is 12.9. The highest BCUT2D eigenvalue weighted by atomic mass is 19.4. The van der Waals surface area contributed by atoms with E-state index in [-0.39, 0.29) is 24.6 Å². The number of nitrogens with zero attached hydrogens (tertiary/aromatic N) is 2. The number of piperidine rings is 1. The summed E-state index contributed by atoms with van der Waals surface area (Å²) in [6, 6.07) is 4.10. The van der Waals surface area contributed by atoms with E-state index in [1.54, 1.807) is 4.90 Å². The number of halogens is 3. The number of alkyl halides is 3. The second-order valence-corrected chi connectivity index (χ2v) is 6.79. The van der Waals surface area contributed by atoms with Crippen LogP contribution in [0.1, 0.15) is 41.6 Å². The van der Waals surface area contributed by atoms with Crippen LogP contribution in [0.5, 0.6) is 0 Å². The molecule has 0 aliphatic carbocycles. The van der Waals surface area contributed by atoms with Crippen molar-refractivity contribution >= 4 is 11.8 Å². The molecule has 5 nitrogen and oxygen atoms in total. The number of β-amino-alcohol motifs (C(OH)–C–C–N with tert-alkyl or cyclic N) is 1. The monoisotopic (exact) mass is 370 g/mol. The van der Waals surface area contributed by atoms with Crippen molar-refractivity contribution in [3.63, 3.8) is 0 Å². The minimum absolute atomic E-state index is 0.144. The molecule has 2 amide bonds. The van der Waals surface area contributed by atoms with Crippen molar-refractivity contribution in [1.82, 2.24) is 9.80 Å². The standard InChI is InChI=1S/C18H21F3N2O3/c19-18(20,21)14-5-3-13(4-6-14)15(25)23-10-2-8-17(23)7-1-9-22(11-12-24)16(17)26/h3-6,24H,1-2,7-12H2. The number of aliphatic hydroxyl groups excluding tert-OH is 1. The van der Waals surface area contributed by atoms with Gasteiger partial charge in [-0.15, -0.1) is 0 Å². The molecule has 8 heteroatoms. The number of hydrogen-bond donors (Lipinski definition) is 1. The Bertz CT molecular complexity index is 688. The van der Waals surface area contributed by atoms with E-state index in [0.717, 1.165) is 30.7 Å². The van der Waals surface area contributed by atoms with E-state index in [9.17, 15) is 22.8 Å². The predicted molar refractivity (Wildman–Crippen MR) is 87.3 cm³/mol. The number of amides is 2. The van der Waals surface area contributed by atoms with Crippen LogP contribution in [0.25, 0.3) is 0 Å². The number of carbonyl (C=O) groups is 2. The maximum atomic E-state index is 12.9. The van der Waals surface area contributed by atoms with Crippen LogP contribution in [0.15, 0.2) is 24.3 Å². The van der Waals surface area contributed by atoms with Crippen LogP contribution in [-0.4, -0.2) is 58.5 Å². The molecule has 0 radical (unpaired) electrons. The van der Waals surface area contributed by atoms with Gasteiger partial charge in [0.15, 0.2) is 0 Å². The van der Waals surface area contributed by atoms with Gasteiger partial charge in [-0.25, -0.2) is 0 Å². The van der Waals surface area contributed by atoms with Gasteiger partial charge in [-0.1, -0.05) is 0 Å². The minimum Gasteiger partial charge on any atom is -0.395 e. The van der Waals surface area contributed by atoms with Crippen molar-refractivity contribution in [1.29, 1.82) is 0 Å². The Morgan fingerprint density at radius 2 is 1.73 bits per heavy atom. The molecule has 1 spiro atoms. The van der Waals surface area contributed by atoms with Gasteiger partial charge in [0, 0.05) is 25.2 Å². The summed E-state index contributed by atoms with van der Waals surface area (Å²) >= 11 is 0. The summed E-state index contributed by atoms with van der Waals surface area (Å²) in [5.74, 6) is -0.592. The molecular weight excluding hydrogens is 349 g/mol. The predicted octanol–water partition coefficient (Wildman–Crippen LogP) is 2.29. The van der Waals surface area contributed by atoms with E-state index in [1.165, 1.54) is 4.90 Å².